The third-order valence-corrected chi connectivity index (χ3v) is 5.04. The molecule has 1 aromatic rings. The summed E-state index contributed by atoms with van der Waals surface area (Å²) in [7, 11) is 0. The van der Waals surface area contributed by atoms with E-state index in [1.54, 1.807) is 0 Å². The molecule has 0 unspecified atom stereocenters. The van der Waals surface area contributed by atoms with Crippen LogP contribution in [0.3, 0.4) is 0 Å². The van der Waals surface area contributed by atoms with E-state index < -0.39 is 5.60 Å². The van der Waals surface area contributed by atoms with Gasteiger partial charge in [0.1, 0.15) is 0 Å². The van der Waals surface area contributed by atoms with Crippen LogP contribution < -0.4 is 5.32 Å². The van der Waals surface area contributed by atoms with Gasteiger partial charge < -0.3 is 10.4 Å². The van der Waals surface area contributed by atoms with E-state index in [0.717, 1.165) is 23.9 Å². The standard InChI is InChI=1S/C16H24BrNO/c1-3-16(19,4-2)11-18-15-9-13(10-15)12-5-7-14(17)8-6-12/h5-8,13,15,18-19H,3-4,9-11H2,1-2H3. The fraction of sp³-hybridized carbons (Fsp3) is 0.625. The summed E-state index contributed by atoms with van der Waals surface area (Å²) in [5, 5.41) is 13.8. The van der Waals surface area contributed by atoms with Gasteiger partial charge in [0.2, 0.25) is 0 Å². The normalized spacial score (nSPS) is 23.2. The predicted molar refractivity (Wildman–Crippen MR) is 83.4 cm³/mol. The molecule has 1 aliphatic rings. The van der Waals surface area contributed by atoms with Crippen molar-refractivity contribution in [3.63, 3.8) is 0 Å². The van der Waals surface area contributed by atoms with Gasteiger partial charge in [-0.05, 0) is 49.3 Å². The first kappa shape index (κ1) is 15.0. The van der Waals surface area contributed by atoms with Gasteiger partial charge in [0.05, 0.1) is 5.60 Å². The Morgan fingerprint density at radius 2 is 1.79 bits per heavy atom. The number of hydrogen-bond donors (Lipinski definition) is 2. The molecule has 0 saturated heterocycles. The van der Waals surface area contributed by atoms with E-state index in [2.05, 4.69) is 59.4 Å². The fourth-order valence-electron chi connectivity index (χ4n) is 2.63. The zero-order chi connectivity index (χ0) is 13.9. The Morgan fingerprint density at radius 3 is 2.32 bits per heavy atom. The maximum Gasteiger partial charge on any atom is 0.0766 e. The fourth-order valence-corrected chi connectivity index (χ4v) is 2.89. The number of hydrogen-bond acceptors (Lipinski definition) is 2. The van der Waals surface area contributed by atoms with Crippen molar-refractivity contribution >= 4 is 15.9 Å². The molecular weight excluding hydrogens is 302 g/mol. The number of benzene rings is 1. The molecule has 1 aromatic carbocycles. The Balaban J connectivity index is 1.76. The summed E-state index contributed by atoms with van der Waals surface area (Å²) in [5.74, 6) is 0.682. The first-order valence-electron chi connectivity index (χ1n) is 7.27. The number of rotatable bonds is 6. The van der Waals surface area contributed by atoms with Gasteiger partial charge in [-0.25, -0.2) is 0 Å². The van der Waals surface area contributed by atoms with Crippen molar-refractivity contribution in [2.45, 2.75) is 57.1 Å². The van der Waals surface area contributed by atoms with Gasteiger partial charge >= 0.3 is 0 Å². The molecule has 0 bridgehead atoms. The van der Waals surface area contributed by atoms with E-state index in [1.165, 1.54) is 18.4 Å². The van der Waals surface area contributed by atoms with Crippen molar-refractivity contribution < 1.29 is 5.11 Å². The minimum Gasteiger partial charge on any atom is -0.389 e. The van der Waals surface area contributed by atoms with E-state index in [4.69, 9.17) is 0 Å². The van der Waals surface area contributed by atoms with Gasteiger partial charge in [-0.2, -0.15) is 0 Å². The number of nitrogens with one attached hydrogen (secondary N) is 1. The molecule has 0 amide bonds. The van der Waals surface area contributed by atoms with Crippen LogP contribution in [0.25, 0.3) is 0 Å². The van der Waals surface area contributed by atoms with Gasteiger partial charge in [0, 0.05) is 17.1 Å². The van der Waals surface area contributed by atoms with E-state index in [1.807, 2.05) is 0 Å². The number of halogens is 1. The summed E-state index contributed by atoms with van der Waals surface area (Å²) in [5.41, 5.74) is 0.908. The molecule has 0 heterocycles. The summed E-state index contributed by atoms with van der Waals surface area (Å²) < 4.78 is 1.14. The quantitative estimate of drug-likeness (QED) is 0.833. The van der Waals surface area contributed by atoms with Crippen LogP contribution in [-0.2, 0) is 0 Å². The molecule has 19 heavy (non-hydrogen) atoms. The lowest BCUT2D eigenvalue weighted by Gasteiger charge is -2.38. The van der Waals surface area contributed by atoms with E-state index in [0.29, 0.717) is 12.0 Å². The Kier molecular flexibility index (Phi) is 5.04. The van der Waals surface area contributed by atoms with Crippen molar-refractivity contribution in [2.75, 3.05) is 6.54 Å². The lowest BCUT2D eigenvalue weighted by molar-refractivity contribution is 0.0261. The summed E-state index contributed by atoms with van der Waals surface area (Å²) in [4.78, 5) is 0. The molecule has 1 saturated carbocycles. The lowest BCUT2D eigenvalue weighted by atomic mass is 9.75. The predicted octanol–water partition coefficient (Wildman–Crippen LogP) is 3.84. The molecular formula is C16H24BrNO. The van der Waals surface area contributed by atoms with Crippen LogP contribution >= 0.6 is 15.9 Å². The highest BCUT2D eigenvalue weighted by molar-refractivity contribution is 9.10. The molecule has 2 rings (SSSR count). The molecule has 106 valence electrons. The van der Waals surface area contributed by atoms with Crippen molar-refractivity contribution in [2.24, 2.45) is 0 Å². The SMILES string of the molecule is CCC(O)(CC)CNC1CC(c2ccc(Br)cc2)C1. The van der Waals surface area contributed by atoms with Crippen molar-refractivity contribution in [1.29, 1.82) is 0 Å². The smallest absolute Gasteiger partial charge is 0.0766 e. The second-order valence-corrected chi connectivity index (χ2v) is 6.64. The molecule has 1 fully saturated rings. The van der Waals surface area contributed by atoms with Gasteiger partial charge in [-0.15, -0.1) is 0 Å². The maximum absolute atomic E-state index is 10.2. The zero-order valence-corrected chi connectivity index (χ0v) is 13.4. The molecule has 0 aliphatic heterocycles. The third-order valence-electron chi connectivity index (χ3n) is 4.52. The highest BCUT2D eigenvalue weighted by Crippen LogP contribution is 2.37. The van der Waals surface area contributed by atoms with Crippen LogP contribution in [0.4, 0.5) is 0 Å². The van der Waals surface area contributed by atoms with Crippen molar-refractivity contribution in [1.82, 2.24) is 5.32 Å². The average Bonchev–Trinajstić information content (AvgIpc) is 2.38. The number of aliphatic hydroxyl groups is 1. The monoisotopic (exact) mass is 325 g/mol. The largest absolute Gasteiger partial charge is 0.389 e. The van der Waals surface area contributed by atoms with Crippen LogP contribution in [-0.4, -0.2) is 23.3 Å². The third kappa shape index (κ3) is 3.80. The Bertz CT molecular complexity index is 394. The van der Waals surface area contributed by atoms with Crippen LogP contribution in [0.5, 0.6) is 0 Å². The molecule has 3 heteroatoms. The molecule has 0 aromatic heterocycles. The van der Waals surface area contributed by atoms with Crippen LogP contribution in [0.1, 0.15) is 51.0 Å². The molecule has 0 atom stereocenters. The van der Waals surface area contributed by atoms with Crippen molar-refractivity contribution in [3.05, 3.63) is 34.3 Å². The summed E-state index contributed by atoms with van der Waals surface area (Å²) in [6.07, 6.45) is 4.01. The van der Waals surface area contributed by atoms with Crippen LogP contribution in [0.2, 0.25) is 0 Å². The summed E-state index contributed by atoms with van der Waals surface area (Å²) in [6.45, 7) is 4.82. The topological polar surface area (TPSA) is 32.3 Å². The second-order valence-electron chi connectivity index (χ2n) is 5.73. The van der Waals surface area contributed by atoms with Gasteiger partial charge in [0.25, 0.3) is 0 Å². The minimum atomic E-state index is -0.525. The van der Waals surface area contributed by atoms with E-state index in [9.17, 15) is 5.11 Å². The molecule has 0 radical (unpaired) electrons. The Labute approximate surface area is 124 Å². The highest BCUT2D eigenvalue weighted by Gasteiger charge is 2.32. The maximum atomic E-state index is 10.2. The second kappa shape index (κ2) is 6.38. The lowest BCUT2D eigenvalue weighted by Crippen LogP contribution is -2.48. The molecule has 1 aliphatic carbocycles. The first-order chi connectivity index (χ1) is 9.06. The average molecular weight is 326 g/mol. The van der Waals surface area contributed by atoms with Crippen LogP contribution in [0.15, 0.2) is 28.7 Å². The summed E-state index contributed by atoms with van der Waals surface area (Å²) in [6, 6.07) is 9.21. The van der Waals surface area contributed by atoms with Gasteiger partial charge in [-0.3, -0.25) is 0 Å². The van der Waals surface area contributed by atoms with E-state index in [-0.39, 0.29) is 0 Å². The zero-order valence-electron chi connectivity index (χ0n) is 11.8. The molecule has 2 N–H and O–H groups in total. The molecule has 2 nitrogen and oxygen atoms in total. The summed E-state index contributed by atoms with van der Waals surface area (Å²) >= 11 is 3.47. The minimum absolute atomic E-state index is 0.525. The molecule has 0 spiro atoms. The van der Waals surface area contributed by atoms with E-state index >= 15 is 0 Å². The first-order valence-corrected chi connectivity index (χ1v) is 8.07. The van der Waals surface area contributed by atoms with Crippen molar-refractivity contribution in [3.8, 4) is 0 Å². The van der Waals surface area contributed by atoms with Crippen LogP contribution in [0, 0.1) is 0 Å². The van der Waals surface area contributed by atoms with Gasteiger partial charge in [0.15, 0.2) is 0 Å². The Morgan fingerprint density at radius 1 is 1.21 bits per heavy atom. The Hall–Kier alpha value is -0.380. The highest BCUT2D eigenvalue weighted by atomic mass is 79.9. The van der Waals surface area contributed by atoms with Gasteiger partial charge in [-0.1, -0.05) is 41.9 Å².